The second kappa shape index (κ2) is 7.86. The molecule has 2 aliphatic rings. The Morgan fingerprint density at radius 3 is 2.76 bits per heavy atom. The van der Waals surface area contributed by atoms with Crippen molar-refractivity contribution in [3.8, 4) is 0 Å². The van der Waals surface area contributed by atoms with Crippen LogP contribution in [0.4, 0.5) is 23.7 Å². The Morgan fingerprint density at radius 1 is 1.31 bits per heavy atom. The third-order valence-electron chi connectivity index (χ3n) is 4.23. The Labute approximate surface area is 169 Å². The van der Waals surface area contributed by atoms with Gasteiger partial charge in [0.1, 0.15) is 11.4 Å². The number of benzene rings is 1. The van der Waals surface area contributed by atoms with Crippen molar-refractivity contribution in [1.29, 1.82) is 0 Å². The molecule has 0 aliphatic carbocycles. The molecule has 29 heavy (non-hydrogen) atoms. The fraction of sp³-hybridized carbons (Fsp3) is 0.333. The Hall–Kier alpha value is -2.88. The van der Waals surface area contributed by atoms with Crippen LogP contribution in [0.25, 0.3) is 0 Å². The molecule has 0 bridgehead atoms. The molecule has 0 saturated heterocycles. The summed E-state index contributed by atoms with van der Waals surface area (Å²) in [6.45, 7) is 4.03. The molecule has 2 heterocycles. The minimum Gasteiger partial charge on any atom is -0.338 e. The van der Waals surface area contributed by atoms with Crippen LogP contribution in [-0.4, -0.2) is 36.0 Å². The van der Waals surface area contributed by atoms with Crippen LogP contribution in [0.3, 0.4) is 0 Å². The summed E-state index contributed by atoms with van der Waals surface area (Å²) >= 11 is 5.71. The lowest BCUT2D eigenvalue weighted by molar-refractivity contribution is -0.136. The van der Waals surface area contributed by atoms with Crippen molar-refractivity contribution < 1.29 is 18.0 Å². The summed E-state index contributed by atoms with van der Waals surface area (Å²) in [6, 6.07) is 2.99. The van der Waals surface area contributed by atoms with Gasteiger partial charge in [-0.15, -0.1) is 0 Å². The number of nitrogens with one attached hydrogen (secondary N) is 3. The molecule has 0 radical (unpaired) electrons. The van der Waals surface area contributed by atoms with Gasteiger partial charge in [0.15, 0.2) is 11.7 Å². The molecule has 2 aliphatic heterocycles. The van der Waals surface area contributed by atoms with E-state index in [1.54, 1.807) is 19.9 Å². The third kappa shape index (κ3) is 4.76. The lowest BCUT2D eigenvalue weighted by Crippen LogP contribution is -2.42. The van der Waals surface area contributed by atoms with Gasteiger partial charge in [0.25, 0.3) is 0 Å². The highest BCUT2D eigenvalue weighted by molar-refractivity contribution is 6.39. The van der Waals surface area contributed by atoms with E-state index in [1.165, 1.54) is 18.3 Å². The average Bonchev–Trinajstić information content (AvgIpc) is 2.63. The van der Waals surface area contributed by atoms with Crippen LogP contribution in [0.5, 0.6) is 0 Å². The van der Waals surface area contributed by atoms with Gasteiger partial charge in [-0.2, -0.15) is 13.2 Å². The van der Waals surface area contributed by atoms with E-state index in [1.807, 2.05) is 0 Å². The number of amidine groups is 2. The molecule has 0 aromatic heterocycles. The van der Waals surface area contributed by atoms with E-state index in [-0.39, 0.29) is 22.4 Å². The molecule has 1 aromatic carbocycles. The minimum atomic E-state index is -4.59. The maximum absolute atomic E-state index is 13.3. The second-order valence-electron chi connectivity index (χ2n) is 6.56. The van der Waals surface area contributed by atoms with Crippen molar-refractivity contribution in [3.05, 3.63) is 40.7 Å². The number of aliphatic imine (C=N–C) groups is 3. The number of amides is 2. The van der Waals surface area contributed by atoms with Crippen LogP contribution in [0, 0.1) is 0 Å². The third-order valence-corrected chi connectivity index (χ3v) is 4.46. The van der Waals surface area contributed by atoms with E-state index in [0.717, 1.165) is 6.07 Å². The largest absolute Gasteiger partial charge is 0.418 e. The van der Waals surface area contributed by atoms with Crippen LogP contribution in [0.15, 0.2) is 45.1 Å². The smallest absolute Gasteiger partial charge is 0.338 e. The van der Waals surface area contributed by atoms with Gasteiger partial charge in [-0.1, -0.05) is 11.6 Å². The van der Waals surface area contributed by atoms with Gasteiger partial charge < -0.3 is 10.6 Å². The highest BCUT2D eigenvalue weighted by Crippen LogP contribution is 2.36. The van der Waals surface area contributed by atoms with Gasteiger partial charge in [-0.05, 0) is 38.1 Å². The Morgan fingerprint density at radius 2 is 2.07 bits per heavy atom. The fourth-order valence-corrected chi connectivity index (χ4v) is 2.90. The number of anilines is 1. The molecular formula is C18H18ClF3N6O. The van der Waals surface area contributed by atoms with Crippen molar-refractivity contribution in [2.75, 3.05) is 11.9 Å². The predicted octanol–water partition coefficient (Wildman–Crippen LogP) is 3.98. The molecule has 0 saturated carbocycles. The summed E-state index contributed by atoms with van der Waals surface area (Å²) in [4.78, 5) is 24.7. The zero-order valence-corrected chi connectivity index (χ0v) is 16.3. The zero-order chi connectivity index (χ0) is 21.2. The van der Waals surface area contributed by atoms with E-state index in [0.29, 0.717) is 18.8 Å². The number of halogens is 4. The van der Waals surface area contributed by atoms with Crippen molar-refractivity contribution in [1.82, 2.24) is 10.6 Å². The van der Waals surface area contributed by atoms with Gasteiger partial charge in [0.05, 0.1) is 17.5 Å². The number of nitrogens with zero attached hydrogens (tertiary/aromatic N) is 3. The van der Waals surface area contributed by atoms with Gasteiger partial charge in [-0.25, -0.2) is 14.8 Å². The molecule has 0 fully saturated rings. The molecule has 154 valence electrons. The first-order valence-corrected chi connectivity index (χ1v) is 9.10. The number of hydrogen-bond acceptors (Lipinski definition) is 5. The molecule has 3 N–H and O–H groups in total. The van der Waals surface area contributed by atoms with Crippen molar-refractivity contribution >= 4 is 41.2 Å². The van der Waals surface area contributed by atoms with Crippen molar-refractivity contribution in [3.63, 3.8) is 0 Å². The van der Waals surface area contributed by atoms with E-state index in [9.17, 15) is 18.0 Å². The zero-order valence-electron chi connectivity index (χ0n) is 15.6. The molecule has 11 heteroatoms. The summed E-state index contributed by atoms with van der Waals surface area (Å²) in [5.74, 6) is 0.665. The summed E-state index contributed by atoms with van der Waals surface area (Å²) in [5, 5.41) is 7.78. The number of urea groups is 1. The molecule has 2 amide bonds. The monoisotopic (exact) mass is 426 g/mol. The molecule has 1 unspecified atom stereocenters. The minimum absolute atomic E-state index is 0.0300. The Bertz CT molecular complexity index is 953. The number of rotatable bonds is 3. The summed E-state index contributed by atoms with van der Waals surface area (Å²) in [5.41, 5.74) is -1.88. The molecule has 3 rings (SSSR count). The van der Waals surface area contributed by atoms with Gasteiger partial charge in [0, 0.05) is 18.0 Å². The van der Waals surface area contributed by atoms with Crippen LogP contribution >= 0.6 is 11.6 Å². The van der Waals surface area contributed by atoms with Gasteiger partial charge in [0.2, 0.25) is 0 Å². The van der Waals surface area contributed by atoms with Gasteiger partial charge >= 0.3 is 12.2 Å². The van der Waals surface area contributed by atoms with Crippen molar-refractivity contribution in [2.45, 2.75) is 32.0 Å². The first-order valence-electron chi connectivity index (χ1n) is 8.72. The number of alkyl halides is 3. The van der Waals surface area contributed by atoms with E-state index < -0.39 is 23.3 Å². The van der Waals surface area contributed by atoms with Crippen molar-refractivity contribution in [2.24, 2.45) is 15.0 Å². The van der Waals surface area contributed by atoms with Crippen LogP contribution in [0.2, 0.25) is 5.02 Å². The van der Waals surface area contributed by atoms with E-state index in [2.05, 4.69) is 30.9 Å². The van der Waals surface area contributed by atoms with Crippen LogP contribution in [-0.2, 0) is 6.18 Å². The first-order chi connectivity index (χ1) is 13.6. The summed E-state index contributed by atoms with van der Waals surface area (Å²) in [7, 11) is 0. The quantitative estimate of drug-likeness (QED) is 0.682. The number of hydrogen-bond donors (Lipinski definition) is 3. The fourth-order valence-electron chi connectivity index (χ4n) is 2.73. The molecule has 1 aromatic rings. The standard InChI is InChI=1S/C18H18ClF3N6O/c1-3-23-16(29)28-13-6-7-17(2)15(26-13)27-14(9-24-17)25-12-5-4-10(19)8-11(12)18(20,21)22/h4-6,8-9H,3,7H2,1-2H3,(H2,23,28,29)(H,25,26,27). The second-order valence-corrected chi connectivity index (χ2v) is 6.99. The van der Waals surface area contributed by atoms with Gasteiger partial charge in [-0.3, -0.25) is 10.3 Å². The van der Waals surface area contributed by atoms with Crippen LogP contribution < -0.4 is 16.0 Å². The highest BCUT2D eigenvalue weighted by Gasteiger charge is 2.36. The number of fused-ring (bicyclic) bond motifs is 1. The Kier molecular flexibility index (Phi) is 5.65. The SMILES string of the molecule is CCNC(=O)NC1=CCC2(C)N=CC(Nc3ccc(Cl)cc3C(F)(F)F)=NC2=N1. The Balaban J connectivity index is 1.86. The summed E-state index contributed by atoms with van der Waals surface area (Å²) < 4.78 is 39.9. The number of carbonyl (C=O) groups excluding carboxylic acids is 1. The van der Waals surface area contributed by atoms with Crippen LogP contribution in [0.1, 0.15) is 25.8 Å². The molecule has 1 atom stereocenters. The number of carbonyl (C=O) groups is 1. The maximum atomic E-state index is 13.3. The molecule has 7 nitrogen and oxygen atoms in total. The lowest BCUT2D eigenvalue weighted by Gasteiger charge is -2.30. The topological polar surface area (TPSA) is 90.2 Å². The predicted molar refractivity (Wildman–Crippen MR) is 107 cm³/mol. The normalized spacial score (nSPS) is 20.8. The van der Waals surface area contributed by atoms with E-state index in [4.69, 9.17) is 11.6 Å². The average molecular weight is 427 g/mol. The molecule has 0 spiro atoms. The van der Waals surface area contributed by atoms with E-state index >= 15 is 0 Å². The first kappa shape index (κ1) is 20.8. The summed E-state index contributed by atoms with van der Waals surface area (Å²) in [6.07, 6.45) is -1.09. The highest BCUT2D eigenvalue weighted by atomic mass is 35.5. The lowest BCUT2D eigenvalue weighted by atomic mass is 9.94. The maximum Gasteiger partial charge on any atom is 0.418 e. The molecular weight excluding hydrogens is 409 g/mol.